The van der Waals surface area contributed by atoms with Crippen LogP contribution >= 0.6 is 22.7 Å². The Bertz CT molecular complexity index is 1030. The number of imidazole rings is 2. The van der Waals surface area contributed by atoms with E-state index in [2.05, 4.69) is 30.2 Å². The number of hydrogen-bond donors (Lipinski definition) is 2. The Kier molecular flexibility index (Phi) is 3.90. The van der Waals surface area contributed by atoms with Crippen LogP contribution in [0.25, 0.3) is 21.3 Å². The number of rotatable bonds is 3. The Balaban J connectivity index is 1.58. The van der Waals surface area contributed by atoms with E-state index in [0.29, 0.717) is 5.13 Å². The molecule has 4 aromatic heterocycles. The monoisotopic (exact) mass is 371 g/mol. The van der Waals surface area contributed by atoms with Gasteiger partial charge in [-0.1, -0.05) is 11.3 Å². The minimum absolute atomic E-state index is 0.301. The lowest BCUT2D eigenvalue weighted by Crippen LogP contribution is -2.17. The summed E-state index contributed by atoms with van der Waals surface area (Å²) >= 11 is 2.93. The quantitative estimate of drug-likeness (QED) is 0.573. The fourth-order valence-corrected chi connectivity index (χ4v) is 4.02. The molecule has 0 saturated heterocycles. The van der Waals surface area contributed by atoms with Crippen molar-refractivity contribution < 1.29 is 4.79 Å². The number of thiazole rings is 2. The van der Waals surface area contributed by atoms with E-state index >= 15 is 0 Å². The van der Waals surface area contributed by atoms with E-state index in [1.54, 1.807) is 18.6 Å². The minimum atomic E-state index is -0.301. The number of aromatic amines is 1. The zero-order chi connectivity index (χ0) is 17.4. The molecule has 10 heteroatoms. The van der Waals surface area contributed by atoms with E-state index < -0.39 is 0 Å². The van der Waals surface area contributed by atoms with Gasteiger partial charge in [-0.15, -0.1) is 11.3 Å². The van der Waals surface area contributed by atoms with Crippen molar-refractivity contribution in [2.24, 2.45) is 0 Å². The number of nitrogens with one attached hydrogen (secondary N) is 2. The highest BCUT2D eigenvalue weighted by molar-refractivity contribution is 7.19. The summed E-state index contributed by atoms with van der Waals surface area (Å²) in [5.74, 6) is 0.852. The first kappa shape index (κ1) is 15.7. The molecule has 0 unspecified atom stereocenters. The average Bonchev–Trinajstić information content (AvgIpc) is 3.33. The van der Waals surface area contributed by atoms with E-state index in [4.69, 9.17) is 0 Å². The molecule has 0 aromatic carbocycles. The smallest absolute Gasteiger partial charge is 0.333 e. The van der Waals surface area contributed by atoms with Gasteiger partial charge in [0.05, 0.1) is 28.2 Å². The first-order valence-electron chi connectivity index (χ1n) is 7.35. The number of carbonyl (C=O) groups excluding carboxylic acids is 1. The molecule has 4 heterocycles. The zero-order valence-corrected chi connectivity index (χ0v) is 15.0. The maximum atomic E-state index is 12.1. The minimum Gasteiger partial charge on any atom is -0.340 e. The fraction of sp³-hybridized carbons (Fsp3) is 0.133. The number of anilines is 1. The molecule has 0 aliphatic carbocycles. The lowest BCUT2D eigenvalue weighted by Gasteiger charge is -2.00. The van der Waals surface area contributed by atoms with Crippen molar-refractivity contribution >= 4 is 33.8 Å². The zero-order valence-electron chi connectivity index (χ0n) is 13.3. The molecule has 126 valence electrons. The molecule has 0 bridgehead atoms. The van der Waals surface area contributed by atoms with Crippen LogP contribution in [0.15, 0.2) is 30.3 Å². The Hall–Kier alpha value is -2.85. The number of aryl methyl sites for hydroxylation is 2. The summed E-state index contributed by atoms with van der Waals surface area (Å²) in [5.41, 5.74) is 2.55. The van der Waals surface area contributed by atoms with Crippen LogP contribution in [-0.4, -0.2) is 35.5 Å². The number of H-pyrrole nitrogens is 1. The van der Waals surface area contributed by atoms with Crippen molar-refractivity contribution in [2.45, 2.75) is 13.8 Å². The van der Waals surface area contributed by atoms with Crippen LogP contribution in [0.1, 0.15) is 11.5 Å². The van der Waals surface area contributed by atoms with E-state index in [9.17, 15) is 4.79 Å². The highest BCUT2D eigenvalue weighted by Crippen LogP contribution is 2.35. The molecule has 2 N–H and O–H groups in total. The number of amides is 1. The summed E-state index contributed by atoms with van der Waals surface area (Å²) < 4.78 is 1.36. The molecular formula is C15H13N7OS2. The van der Waals surface area contributed by atoms with E-state index in [1.807, 2.05) is 19.2 Å². The summed E-state index contributed by atoms with van der Waals surface area (Å²) in [4.78, 5) is 33.3. The Morgan fingerprint density at radius 1 is 1.32 bits per heavy atom. The molecule has 0 atom stereocenters. The van der Waals surface area contributed by atoms with E-state index in [0.717, 1.165) is 32.8 Å². The first-order valence-corrected chi connectivity index (χ1v) is 9.04. The van der Waals surface area contributed by atoms with Gasteiger partial charge in [0, 0.05) is 17.8 Å². The van der Waals surface area contributed by atoms with E-state index in [1.165, 1.54) is 33.6 Å². The lowest BCUT2D eigenvalue weighted by molar-refractivity contribution is 0.253. The summed E-state index contributed by atoms with van der Waals surface area (Å²) in [6, 6.07) is -0.301. The van der Waals surface area contributed by atoms with Crippen molar-refractivity contribution in [1.29, 1.82) is 0 Å². The van der Waals surface area contributed by atoms with Gasteiger partial charge >= 0.3 is 6.03 Å². The molecule has 4 rings (SSSR count). The fourth-order valence-electron chi connectivity index (χ4n) is 2.25. The second kappa shape index (κ2) is 6.22. The summed E-state index contributed by atoms with van der Waals surface area (Å²) in [6.45, 7) is 3.80. The standard InChI is InChI=1S/C15H13N7OS2/c1-8-12(11-6-24-13(20-11)10-5-17-9(2)19-10)25-14(18-8)21-15(23)22-4-3-16-7-22/h3-7H,1-2H3,(H,17,19)(H,18,21,23). The molecule has 8 nitrogen and oxygen atoms in total. The Morgan fingerprint density at radius 2 is 2.20 bits per heavy atom. The van der Waals surface area contributed by atoms with Crippen LogP contribution in [0.2, 0.25) is 0 Å². The summed E-state index contributed by atoms with van der Waals surface area (Å²) in [7, 11) is 0. The highest BCUT2D eigenvalue weighted by atomic mass is 32.1. The molecule has 4 aromatic rings. The predicted octanol–water partition coefficient (Wildman–Crippen LogP) is 3.55. The van der Waals surface area contributed by atoms with Crippen LogP contribution in [0.3, 0.4) is 0 Å². The maximum Gasteiger partial charge on any atom is 0.333 e. The molecule has 0 aliphatic rings. The Morgan fingerprint density at radius 3 is 2.92 bits per heavy atom. The maximum absolute atomic E-state index is 12.1. The molecule has 0 aliphatic heterocycles. The first-order chi connectivity index (χ1) is 12.1. The number of nitrogens with zero attached hydrogens (tertiary/aromatic N) is 5. The van der Waals surface area contributed by atoms with Gasteiger partial charge in [0.25, 0.3) is 0 Å². The third kappa shape index (κ3) is 3.08. The van der Waals surface area contributed by atoms with Gasteiger partial charge in [-0.2, -0.15) is 0 Å². The SMILES string of the molecule is Cc1ncc(-c2nc(-c3sc(NC(=O)n4ccnc4)nc3C)cs2)[nH]1. The molecule has 0 radical (unpaired) electrons. The summed E-state index contributed by atoms with van der Waals surface area (Å²) in [6.07, 6.45) is 6.34. The number of hydrogen-bond acceptors (Lipinski definition) is 7. The van der Waals surface area contributed by atoms with Crippen LogP contribution in [0.5, 0.6) is 0 Å². The number of aromatic nitrogens is 6. The summed E-state index contributed by atoms with van der Waals surface area (Å²) in [5, 5.41) is 6.14. The molecule has 25 heavy (non-hydrogen) atoms. The predicted molar refractivity (Wildman–Crippen MR) is 96.9 cm³/mol. The molecular weight excluding hydrogens is 358 g/mol. The van der Waals surface area contributed by atoms with Crippen LogP contribution in [0, 0.1) is 13.8 Å². The third-order valence-corrected chi connectivity index (χ3v) is 5.39. The van der Waals surface area contributed by atoms with Crippen molar-refractivity contribution in [1.82, 2.24) is 29.5 Å². The van der Waals surface area contributed by atoms with Crippen molar-refractivity contribution in [3.8, 4) is 21.3 Å². The molecule has 0 spiro atoms. The highest BCUT2D eigenvalue weighted by Gasteiger charge is 2.16. The number of carbonyl (C=O) groups is 1. The van der Waals surface area contributed by atoms with Gasteiger partial charge in [-0.05, 0) is 13.8 Å². The molecule has 0 saturated carbocycles. The Labute approximate surface area is 150 Å². The van der Waals surface area contributed by atoms with Gasteiger partial charge in [0.1, 0.15) is 17.2 Å². The van der Waals surface area contributed by atoms with Crippen LogP contribution < -0.4 is 5.32 Å². The van der Waals surface area contributed by atoms with Crippen molar-refractivity contribution in [3.63, 3.8) is 0 Å². The van der Waals surface area contributed by atoms with E-state index in [-0.39, 0.29) is 6.03 Å². The third-order valence-electron chi connectivity index (χ3n) is 3.42. The molecule has 1 amide bonds. The largest absolute Gasteiger partial charge is 0.340 e. The normalized spacial score (nSPS) is 11.0. The second-order valence-corrected chi connectivity index (χ2v) is 7.11. The van der Waals surface area contributed by atoms with Crippen molar-refractivity contribution in [2.75, 3.05) is 5.32 Å². The van der Waals surface area contributed by atoms with Gasteiger partial charge in [0.2, 0.25) is 0 Å². The van der Waals surface area contributed by atoms with Crippen molar-refractivity contribution in [3.05, 3.63) is 41.8 Å². The van der Waals surface area contributed by atoms with Crippen LogP contribution in [0.4, 0.5) is 9.93 Å². The lowest BCUT2D eigenvalue weighted by atomic mass is 10.3. The molecule has 0 fully saturated rings. The van der Waals surface area contributed by atoms with Gasteiger partial charge in [-0.3, -0.25) is 9.88 Å². The second-order valence-electron chi connectivity index (χ2n) is 5.25. The van der Waals surface area contributed by atoms with Crippen LogP contribution in [-0.2, 0) is 0 Å². The van der Waals surface area contributed by atoms with Gasteiger partial charge < -0.3 is 4.98 Å². The average molecular weight is 371 g/mol. The topological polar surface area (TPSA) is 101 Å². The van der Waals surface area contributed by atoms with Gasteiger partial charge in [0.15, 0.2) is 5.13 Å². The van der Waals surface area contributed by atoms with Gasteiger partial charge in [-0.25, -0.2) is 24.7 Å².